The van der Waals surface area contributed by atoms with Crippen molar-refractivity contribution in [3.8, 4) is 5.88 Å². The van der Waals surface area contributed by atoms with Crippen molar-refractivity contribution in [3.05, 3.63) is 35.9 Å². The van der Waals surface area contributed by atoms with Gasteiger partial charge in [0.2, 0.25) is 5.88 Å². The third-order valence-electron chi connectivity index (χ3n) is 3.38. The van der Waals surface area contributed by atoms with E-state index in [9.17, 15) is 0 Å². The van der Waals surface area contributed by atoms with Crippen molar-refractivity contribution in [2.75, 3.05) is 13.2 Å². The van der Waals surface area contributed by atoms with E-state index in [1.807, 2.05) is 30.3 Å². The van der Waals surface area contributed by atoms with Crippen molar-refractivity contribution < 1.29 is 9.47 Å². The first-order chi connectivity index (χ1) is 9.74. The molecule has 4 nitrogen and oxygen atoms in total. The lowest BCUT2D eigenvalue weighted by Crippen LogP contribution is -2.19. The number of hydrogen-bond acceptors (Lipinski definition) is 4. The van der Waals surface area contributed by atoms with E-state index in [-0.39, 0.29) is 6.10 Å². The Kier molecular flexibility index (Phi) is 3.80. The van der Waals surface area contributed by atoms with Crippen molar-refractivity contribution in [2.45, 2.75) is 18.9 Å². The molecule has 1 saturated heterocycles. The minimum Gasteiger partial charge on any atom is -0.474 e. The Balaban J connectivity index is 1.90. The zero-order valence-corrected chi connectivity index (χ0v) is 11.9. The fraction of sp³-hybridized carbons (Fsp3) is 0.333. The molecule has 104 valence electrons. The Labute approximate surface area is 122 Å². The zero-order chi connectivity index (χ0) is 13.9. The summed E-state index contributed by atoms with van der Waals surface area (Å²) in [5.74, 6) is 0.492. The molecule has 1 aliphatic heterocycles. The number of aromatic nitrogens is 1. The lowest BCUT2D eigenvalue weighted by atomic mass is 10.1. The van der Waals surface area contributed by atoms with Crippen LogP contribution in [0.2, 0.25) is 0 Å². The van der Waals surface area contributed by atoms with Gasteiger partial charge in [-0.25, -0.2) is 4.98 Å². The first-order valence-electron chi connectivity index (χ1n) is 6.68. The van der Waals surface area contributed by atoms with E-state index in [0.29, 0.717) is 23.0 Å². The van der Waals surface area contributed by atoms with Crippen LogP contribution < -0.4 is 10.5 Å². The van der Waals surface area contributed by atoms with Crippen LogP contribution in [0.3, 0.4) is 0 Å². The number of rotatable bonds is 4. The van der Waals surface area contributed by atoms with Crippen LogP contribution in [0.4, 0.5) is 0 Å². The summed E-state index contributed by atoms with van der Waals surface area (Å²) < 4.78 is 11.3. The number of ether oxygens (including phenoxy) is 2. The van der Waals surface area contributed by atoms with Gasteiger partial charge in [-0.15, -0.1) is 0 Å². The summed E-state index contributed by atoms with van der Waals surface area (Å²) in [5, 5.41) is 1.000. The van der Waals surface area contributed by atoms with Gasteiger partial charge in [0.1, 0.15) is 11.6 Å². The Morgan fingerprint density at radius 2 is 2.30 bits per heavy atom. The lowest BCUT2D eigenvalue weighted by molar-refractivity contribution is 0.0664. The van der Waals surface area contributed by atoms with Crippen LogP contribution in [-0.4, -0.2) is 29.3 Å². The third kappa shape index (κ3) is 2.73. The van der Waals surface area contributed by atoms with E-state index in [4.69, 9.17) is 27.4 Å². The van der Waals surface area contributed by atoms with E-state index >= 15 is 0 Å². The van der Waals surface area contributed by atoms with Crippen molar-refractivity contribution in [3.63, 3.8) is 0 Å². The van der Waals surface area contributed by atoms with E-state index in [0.717, 1.165) is 30.4 Å². The van der Waals surface area contributed by atoms with Gasteiger partial charge in [-0.05, 0) is 25.0 Å². The van der Waals surface area contributed by atoms with Crippen LogP contribution >= 0.6 is 12.2 Å². The van der Waals surface area contributed by atoms with E-state index in [2.05, 4.69) is 4.98 Å². The van der Waals surface area contributed by atoms with Crippen LogP contribution in [0, 0.1) is 0 Å². The highest BCUT2D eigenvalue weighted by Crippen LogP contribution is 2.23. The summed E-state index contributed by atoms with van der Waals surface area (Å²) >= 11 is 5.09. The van der Waals surface area contributed by atoms with Gasteiger partial charge in [-0.2, -0.15) is 0 Å². The first kappa shape index (κ1) is 13.3. The molecule has 2 aromatic rings. The molecule has 5 heteroatoms. The molecule has 1 aromatic carbocycles. The Morgan fingerprint density at radius 1 is 1.45 bits per heavy atom. The fourth-order valence-corrected chi connectivity index (χ4v) is 2.48. The summed E-state index contributed by atoms with van der Waals surface area (Å²) in [7, 11) is 0. The molecule has 1 unspecified atom stereocenters. The van der Waals surface area contributed by atoms with Gasteiger partial charge in [0.15, 0.2) is 0 Å². The van der Waals surface area contributed by atoms with Crippen molar-refractivity contribution in [1.82, 2.24) is 4.98 Å². The van der Waals surface area contributed by atoms with Crippen molar-refractivity contribution >= 4 is 28.1 Å². The lowest BCUT2D eigenvalue weighted by Gasteiger charge is -2.14. The number of nitrogens with two attached hydrogens (primary N) is 1. The zero-order valence-electron chi connectivity index (χ0n) is 11.0. The maximum absolute atomic E-state index is 5.79. The van der Waals surface area contributed by atoms with E-state index in [1.54, 1.807) is 0 Å². The second-order valence-electron chi connectivity index (χ2n) is 4.84. The number of benzene rings is 1. The second-order valence-corrected chi connectivity index (χ2v) is 5.28. The van der Waals surface area contributed by atoms with Gasteiger partial charge in [-0.3, -0.25) is 0 Å². The Bertz CT molecular complexity index is 639. The summed E-state index contributed by atoms with van der Waals surface area (Å²) in [6.07, 6.45) is 2.25. The number of hydrogen-bond donors (Lipinski definition) is 1. The Morgan fingerprint density at radius 3 is 3.05 bits per heavy atom. The van der Waals surface area contributed by atoms with Crippen LogP contribution in [0.15, 0.2) is 30.3 Å². The fourth-order valence-electron chi connectivity index (χ4n) is 2.33. The van der Waals surface area contributed by atoms with Crippen LogP contribution in [-0.2, 0) is 4.74 Å². The molecular weight excluding hydrogens is 272 g/mol. The van der Waals surface area contributed by atoms with Gasteiger partial charge >= 0.3 is 0 Å². The largest absolute Gasteiger partial charge is 0.474 e. The van der Waals surface area contributed by atoms with E-state index < -0.39 is 0 Å². The predicted molar refractivity (Wildman–Crippen MR) is 82.1 cm³/mol. The van der Waals surface area contributed by atoms with Gasteiger partial charge in [0, 0.05) is 12.0 Å². The average molecular weight is 288 g/mol. The molecule has 1 fully saturated rings. The molecule has 1 aliphatic rings. The van der Waals surface area contributed by atoms with Crippen LogP contribution in [0.1, 0.15) is 18.4 Å². The highest BCUT2D eigenvalue weighted by Gasteiger charge is 2.18. The molecule has 20 heavy (non-hydrogen) atoms. The smallest absolute Gasteiger partial charge is 0.224 e. The molecule has 1 aromatic heterocycles. The normalized spacial score (nSPS) is 18.3. The van der Waals surface area contributed by atoms with Crippen LogP contribution in [0.5, 0.6) is 5.88 Å². The third-order valence-corrected chi connectivity index (χ3v) is 3.60. The summed E-state index contributed by atoms with van der Waals surface area (Å²) in [6, 6.07) is 9.75. The molecule has 0 aliphatic carbocycles. The SMILES string of the molecule is NC(=S)c1cc2ccccc2nc1OCC1CCCO1. The summed E-state index contributed by atoms with van der Waals surface area (Å²) in [6.45, 7) is 1.29. The minimum absolute atomic E-state index is 0.141. The van der Waals surface area contributed by atoms with Gasteiger partial charge in [-0.1, -0.05) is 30.4 Å². The molecule has 0 radical (unpaired) electrons. The van der Waals surface area contributed by atoms with Gasteiger partial charge in [0.05, 0.1) is 17.2 Å². The predicted octanol–water partition coefficient (Wildman–Crippen LogP) is 2.43. The molecule has 3 rings (SSSR count). The maximum Gasteiger partial charge on any atom is 0.224 e. The molecule has 0 bridgehead atoms. The molecular formula is C15H16N2O2S. The number of pyridine rings is 1. The molecule has 0 amide bonds. The molecule has 2 heterocycles. The van der Waals surface area contributed by atoms with Crippen LogP contribution in [0.25, 0.3) is 10.9 Å². The summed E-state index contributed by atoms with van der Waals surface area (Å²) in [4.78, 5) is 4.81. The minimum atomic E-state index is 0.141. The van der Waals surface area contributed by atoms with Crippen molar-refractivity contribution in [1.29, 1.82) is 0 Å². The monoisotopic (exact) mass is 288 g/mol. The second kappa shape index (κ2) is 5.73. The first-order valence-corrected chi connectivity index (χ1v) is 7.09. The standard InChI is InChI=1S/C15H16N2O2S/c16-14(20)12-8-10-4-1-2-6-13(10)17-15(12)19-9-11-5-3-7-18-11/h1-2,4,6,8,11H,3,5,7,9H2,(H2,16,20). The molecule has 0 spiro atoms. The number of fused-ring (bicyclic) bond motifs is 1. The highest BCUT2D eigenvalue weighted by atomic mass is 32.1. The quantitative estimate of drug-likeness (QED) is 0.876. The average Bonchev–Trinajstić information content (AvgIpc) is 2.97. The molecule has 1 atom stereocenters. The molecule has 0 saturated carbocycles. The van der Waals surface area contributed by atoms with E-state index in [1.165, 1.54) is 0 Å². The van der Waals surface area contributed by atoms with Gasteiger partial charge < -0.3 is 15.2 Å². The van der Waals surface area contributed by atoms with Gasteiger partial charge in [0.25, 0.3) is 0 Å². The summed E-state index contributed by atoms with van der Waals surface area (Å²) in [5.41, 5.74) is 7.32. The van der Waals surface area contributed by atoms with Crippen molar-refractivity contribution in [2.24, 2.45) is 5.73 Å². The number of thiocarbonyl (C=S) groups is 1. The number of para-hydroxylation sites is 1. The maximum atomic E-state index is 5.79. The Hall–Kier alpha value is -1.72. The highest BCUT2D eigenvalue weighted by molar-refractivity contribution is 7.80. The molecule has 2 N–H and O–H groups in total. The topological polar surface area (TPSA) is 57.4 Å². The number of nitrogens with zero attached hydrogens (tertiary/aromatic N) is 1.